The molecule has 1 aliphatic rings. The summed E-state index contributed by atoms with van der Waals surface area (Å²) >= 11 is 0. The van der Waals surface area contributed by atoms with Crippen LogP contribution in [0.25, 0.3) is 0 Å². The second-order valence-electron chi connectivity index (χ2n) is 8.63. The summed E-state index contributed by atoms with van der Waals surface area (Å²) in [5, 5.41) is 23.5. The summed E-state index contributed by atoms with van der Waals surface area (Å²) in [6.07, 6.45) is 3.06. The second-order valence-corrected chi connectivity index (χ2v) is 8.63. The molecule has 0 saturated carbocycles. The van der Waals surface area contributed by atoms with Crippen LogP contribution in [-0.4, -0.2) is 85.5 Å². The van der Waals surface area contributed by atoms with Crippen molar-refractivity contribution in [2.24, 2.45) is 11.7 Å². The van der Waals surface area contributed by atoms with E-state index >= 15 is 0 Å². The maximum absolute atomic E-state index is 13.2. The van der Waals surface area contributed by atoms with E-state index in [1.165, 1.54) is 17.4 Å². The fraction of sp³-hybridized carbons (Fsp3) is 0.619. The second kappa shape index (κ2) is 12.1. The number of carboxylic acids is 2. The largest absolute Gasteiger partial charge is 0.481 e. The van der Waals surface area contributed by atoms with E-state index in [1.54, 1.807) is 13.8 Å². The Kier molecular flexibility index (Phi) is 9.54. The summed E-state index contributed by atoms with van der Waals surface area (Å²) < 4.78 is 0. The number of likely N-dealkylation sites (tertiary alicyclic amines) is 1. The minimum absolute atomic E-state index is 0.00147. The van der Waals surface area contributed by atoms with Crippen LogP contribution >= 0.6 is 0 Å². The molecule has 0 bridgehead atoms. The molecule has 4 unspecified atom stereocenters. The third-order valence-electron chi connectivity index (χ3n) is 5.72. The van der Waals surface area contributed by atoms with Gasteiger partial charge in [0.2, 0.25) is 17.7 Å². The molecule has 0 radical (unpaired) electrons. The van der Waals surface area contributed by atoms with Crippen LogP contribution in [0.4, 0.5) is 0 Å². The Hall–Kier alpha value is -3.48. The summed E-state index contributed by atoms with van der Waals surface area (Å²) in [7, 11) is 0. The standard InChI is InChI=1S/C21H32N6O7/c1-11(2)17(22)19(31)25-13(5-6-16(28)29)18(30)26-14(8-12-9-23-10-24-12)20(32)27-7-3-4-15(27)21(33)34/h9-11,13-15,17H,3-8,22H2,1-2H3,(H,23,24)(H,25,31)(H,26,30)(H,28,29)(H,33,34). The third-order valence-corrected chi connectivity index (χ3v) is 5.72. The van der Waals surface area contributed by atoms with Gasteiger partial charge in [-0.2, -0.15) is 0 Å². The Balaban J connectivity index is 2.23. The van der Waals surface area contributed by atoms with Crippen molar-refractivity contribution in [3.8, 4) is 0 Å². The molecule has 4 atom stereocenters. The lowest BCUT2D eigenvalue weighted by molar-refractivity contribution is -0.149. The van der Waals surface area contributed by atoms with E-state index in [0.29, 0.717) is 18.5 Å². The van der Waals surface area contributed by atoms with Gasteiger partial charge in [0.15, 0.2) is 0 Å². The van der Waals surface area contributed by atoms with E-state index < -0.39 is 60.2 Å². The Morgan fingerprint density at radius 1 is 1.18 bits per heavy atom. The number of nitrogens with zero attached hydrogens (tertiary/aromatic N) is 2. The van der Waals surface area contributed by atoms with E-state index in [-0.39, 0.29) is 25.3 Å². The van der Waals surface area contributed by atoms with Gasteiger partial charge in [-0.1, -0.05) is 13.8 Å². The number of aromatic amines is 1. The van der Waals surface area contributed by atoms with E-state index in [1.807, 2.05) is 0 Å². The van der Waals surface area contributed by atoms with Crippen LogP contribution in [0.3, 0.4) is 0 Å². The first kappa shape index (κ1) is 26.8. The van der Waals surface area contributed by atoms with Crippen molar-refractivity contribution in [2.75, 3.05) is 6.54 Å². The molecular weight excluding hydrogens is 448 g/mol. The average molecular weight is 481 g/mol. The van der Waals surface area contributed by atoms with E-state index in [4.69, 9.17) is 10.8 Å². The van der Waals surface area contributed by atoms with Crippen molar-refractivity contribution < 1.29 is 34.2 Å². The number of nitrogens with one attached hydrogen (secondary N) is 3. The number of aromatic nitrogens is 2. The van der Waals surface area contributed by atoms with E-state index in [2.05, 4.69) is 20.6 Å². The fourth-order valence-electron chi connectivity index (χ4n) is 3.68. The maximum atomic E-state index is 13.2. The van der Waals surface area contributed by atoms with Gasteiger partial charge in [0.1, 0.15) is 18.1 Å². The lowest BCUT2D eigenvalue weighted by Gasteiger charge is -2.29. The molecule has 34 heavy (non-hydrogen) atoms. The number of aliphatic carboxylic acids is 2. The number of carbonyl (C=O) groups excluding carboxylic acids is 3. The van der Waals surface area contributed by atoms with Gasteiger partial charge in [-0.15, -0.1) is 0 Å². The summed E-state index contributed by atoms with van der Waals surface area (Å²) in [5.74, 6) is -4.49. The number of hydrogen-bond donors (Lipinski definition) is 6. The molecule has 2 rings (SSSR count). The first-order chi connectivity index (χ1) is 16.0. The van der Waals surface area contributed by atoms with Crippen molar-refractivity contribution >= 4 is 29.7 Å². The molecule has 0 aliphatic carbocycles. The molecule has 13 heteroatoms. The van der Waals surface area contributed by atoms with Crippen LogP contribution in [0.5, 0.6) is 0 Å². The van der Waals surface area contributed by atoms with E-state index in [0.717, 1.165) is 0 Å². The topological polar surface area (TPSA) is 208 Å². The first-order valence-electron chi connectivity index (χ1n) is 11.1. The Morgan fingerprint density at radius 2 is 1.85 bits per heavy atom. The summed E-state index contributed by atoms with van der Waals surface area (Å²) in [4.78, 5) is 69.3. The predicted molar refractivity (Wildman–Crippen MR) is 118 cm³/mol. The van der Waals surface area contributed by atoms with Gasteiger partial charge < -0.3 is 36.5 Å². The fourth-order valence-corrected chi connectivity index (χ4v) is 3.68. The molecule has 3 amide bonds. The van der Waals surface area contributed by atoms with Gasteiger partial charge in [-0.3, -0.25) is 19.2 Å². The molecule has 1 fully saturated rings. The molecular formula is C21H32N6O7. The van der Waals surface area contributed by atoms with Crippen molar-refractivity contribution in [3.05, 3.63) is 18.2 Å². The molecule has 7 N–H and O–H groups in total. The van der Waals surface area contributed by atoms with Crippen LogP contribution in [0.15, 0.2) is 12.5 Å². The summed E-state index contributed by atoms with van der Waals surface area (Å²) in [6, 6.07) is -4.32. The van der Waals surface area contributed by atoms with Crippen molar-refractivity contribution in [1.29, 1.82) is 0 Å². The lowest BCUT2D eigenvalue weighted by Crippen LogP contribution is -2.58. The van der Waals surface area contributed by atoms with Gasteiger partial charge in [0.05, 0.1) is 12.4 Å². The molecule has 1 saturated heterocycles. The van der Waals surface area contributed by atoms with Gasteiger partial charge in [-0.05, 0) is 25.2 Å². The van der Waals surface area contributed by atoms with Gasteiger partial charge in [-0.25, -0.2) is 9.78 Å². The number of hydrogen-bond acceptors (Lipinski definition) is 7. The lowest BCUT2D eigenvalue weighted by atomic mass is 10.0. The number of imidazole rings is 1. The number of amides is 3. The first-order valence-corrected chi connectivity index (χ1v) is 11.1. The van der Waals surface area contributed by atoms with Crippen molar-refractivity contribution in [1.82, 2.24) is 25.5 Å². The average Bonchev–Trinajstić information content (AvgIpc) is 3.46. The monoisotopic (exact) mass is 480 g/mol. The number of rotatable bonds is 12. The molecule has 1 aliphatic heterocycles. The zero-order chi connectivity index (χ0) is 25.4. The minimum Gasteiger partial charge on any atom is -0.481 e. The van der Waals surface area contributed by atoms with Crippen molar-refractivity contribution in [2.45, 2.75) is 70.1 Å². The van der Waals surface area contributed by atoms with Gasteiger partial charge in [0.25, 0.3) is 0 Å². The van der Waals surface area contributed by atoms with Gasteiger partial charge in [0, 0.05) is 31.3 Å². The summed E-state index contributed by atoms with van der Waals surface area (Å²) in [5.41, 5.74) is 6.37. The number of carbonyl (C=O) groups is 5. The molecule has 0 aromatic carbocycles. The van der Waals surface area contributed by atoms with Crippen LogP contribution in [0.1, 0.15) is 45.2 Å². The predicted octanol–water partition coefficient (Wildman–Crippen LogP) is -1.15. The van der Waals surface area contributed by atoms with Crippen LogP contribution in [0, 0.1) is 5.92 Å². The molecule has 2 heterocycles. The highest BCUT2D eigenvalue weighted by Crippen LogP contribution is 2.19. The van der Waals surface area contributed by atoms with Gasteiger partial charge >= 0.3 is 11.9 Å². The number of H-pyrrole nitrogens is 1. The molecule has 13 nitrogen and oxygen atoms in total. The molecule has 188 valence electrons. The molecule has 1 aromatic rings. The smallest absolute Gasteiger partial charge is 0.326 e. The Labute approximate surface area is 196 Å². The Morgan fingerprint density at radius 3 is 2.41 bits per heavy atom. The maximum Gasteiger partial charge on any atom is 0.326 e. The quantitative estimate of drug-likeness (QED) is 0.213. The highest BCUT2D eigenvalue weighted by Gasteiger charge is 2.38. The minimum atomic E-state index is -1.25. The highest BCUT2D eigenvalue weighted by atomic mass is 16.4. The number of nitrogens with two attached hydrogens (primary N) is 1. The van der Waals surface area contributed by atoms with Crippen LogP contribution in [0.2, 0.25) is 0 Å². The highest BCUT2D eigenvalue weighted by molar-refractivity contribution is 5.94. The van der Waals surface area contributed by atoms with E-state index in [9.17, 15) is 29.1 Å². The van der Waals surface area contributed by atoms with Crippen LogP contribution < -0.4 is 16.4 Å². The number of carboxylic acid groups (broad SMARTS) is 2. The van der Waals surface area contributed by atoms with Crippen LogP contribution in [-0.2, 0) is 30.4 Å². The molecule has 1 aromatic heterocycles. The third kappa shape index (κ3) is 7.27. The van der Waals surface area contributed by atoms with Crippen molar-refractivity contribution in [3.63, 3.8) is 0 Å². The SMILES string of the molecule is CC(C)C(N)C(=O)NC(CCC(=O)O)C(=O)NC(Cc1cnc[nH]1)C(=O)N1CCCC1C(=O)O. The Bertz CT molecular complexity index is 888. The normalized spacial score (nSPS) is 18.2. The zero-order valence-corrected chi connectivity index (χ0v) is 19.2. The zero-order valence-electron chi connectivity index (χ0n) is 19.2. The molecule has 0 spiro atoms. The summed E-state index contributed by atoms with van der Waals surface area (Å²) in [6.45, 7) is 3.68.